The summed E-state index contributed by atoms with van der Waals surface area (Å²) >= 11 is 3.25. The molecule has 0 radical (unpaired) electrons. The van der Waals surface area contributed by atoms with Crippen LogP contribution in [0.25, 0.3) is 0 Å². The lowest BCUT2D eigenvalue weighted by Gasteiger charge is -2.26. The van der Waals surface area contributed by atoms with Gasteiger partial charge in [-0.1, -0.05) is 0 Å². The van der Waals surface area contributed by atoms with Gasteiger partial charge in [0.25, 0.3) is 5.91 Å². The first kappa shape index (κ1) is 14.1. The summed E-state index contributed by atoms with van der Waals surface area (Å²) in [5.74, 6) is -0.0166. The van der Waals surface area contributed by atoms with Gasteiger partial charge in [-0.05, 0) is 41.9 Å². The van der Waals surface area contributed by atoms with E-state index in [1.807, 2.05) is 13.8 Å². The Kier molecular flexibility index (Phi) is 5.58. The van der Waals surface area contributed by atoms with E-state index in [1.165, 1.54) is 0 Å². The molecule has 1 amide bonds. The van der Waals surface area contributed by atoms with Crippen molar-refractivity contribution < 1.29 is 9.53 Å². The summed E-state index contributed by atoms with van der Waals surface area (Å²) in [6, 6.07) is 3.67. The van der Waals surface area contributed by atoms with Gasteiger partial charge in [-0.15, -0.1) is 0 Å². The Hall–Kier alpha value is -0.940. The average molecular weight is 301 g/mol. The van der Waals surface area contributed by atoms with E-state index in [0.29, 0.717) is 18.7 Å². The normalized spacial score (nSPS) is 10.6. The van der Waals surface area contributed by atoms with Crippen molar-refractivity contribution >= 4 is 21.8 Å². The number of hydrogen-bond acceptors (Lipinski definition) is 3. The standard InChI is InChI=1S/C12H17BrN2O2/c1-9(2)15(6-7-17-3)12(16)10-4-5-11(13)14-8-10/h4-5,8-9H,6-7H2,1-3H3. The molecule has 1 rings (SSSR count). The molecule has 0 unspecified atom stereocenters. The molecule has 0 saturated carbocycles. The third-order valence-corrected chi connectivity index (χ3v) is 2.86. The van der Waals surface area contributed by atoms with Crippen molar-refractivity contribution in [3.05, 3.63) is 28.5 Å². The second-order valence-electron chi connectivity index (χ2n) is 3.95. The fourth-order valence-electron chi connectivity index (χ4n) is 1.45. The quantitative estimate of drug-likeness (QED) is 0.784. The molecule has 0 aromatic carbocycles. The number of rotatable bonds is 5. The van der Waals surface area contributed by atoms with Crippen molar-refractivity contribution in [2.45, 2.75) is 19.9 Å². The highest BCUT2D eigenvalue weighted by molar-refractivity contribution is 9.10. The Balaban J connectivity index is 2.80. The van der Waals surface area contributed by atoms with Crippen LogP contribution in [0.3, 0.4) is 0 Å². The van der Waals surface area contributed by atoms with Gasteiger partial charge in [-0.2, -0.15) is 0 Å². The lowest BCUT2D eigenvalue weighted by atomic mass is 10.2. The molecule has 0 N–H and O–H groups in total. The molecule has 1 aromatic rings. The number of carbonyl (C=O) groups excluding carboxylic acids is 1. The van der Waals surface area contributed by atoms with Crippen LogP contribution < -0.4 is 0 Å². The van der Waals surface area contributed by atoms with Crippen LogP contribution in [0.5, 0.6) is 0 Å². The van der Waals surface area contributed by atoms with Crippen LogP contribution in [0.15, 0.2) is 22.9 Å². The molecule has 0 saturated heterocycles. The summed E-state index contributed by atoms with van der Waals surface area (Å²) in [5.41, 5.74) is 0.595. The van der Waals surface area contributed by atoms with Gasteiger partial charge >= 0.3 is 0 Å². The first-order chi connectivity index (χ1) is 8.06. The molecule has 4 nitrogen and oxygen atoms in total. The van der Waals surface area contributed by atoms with E-state index in [2.05, 4.69) is 20.9 Å². The largest absolute Gasteiger partial charge is 0.383 e. The molecule has 0 aliphatic rings. The maximum atomic E-state index is 12.2. The Morgan fingerprint density at radius 1 is 1.53 bits per heavy atom. The van der Waals surface area contributed by atoms with Gasteiger partial charge in [0.2, 0.25) is 0 Å². The first-order valence-corrected chi connectivity index (χ1v) is 6.27. The van der Waals surface area contributed by atoms with Crippen LogP contribution in [0, 0.1) is 0 Å². The highest BCUT2D eigenvalue weighted by Gasteiger charge is 2.18. The zero-order chi connectivity index (χ0) is 12.8. The van der Waals surface area contributed by atoms with Crippen molar-refractivity contribution in [3.8, 4) is 0 Å². The van der Waals surface area contributed by atoms with Crippen LogP contribution in [0.4, 0.5) is 0 Å². The average Bonchev–Trinajstić information content (AvgIpc) is 2.29. The number of aromatic nitrogens is 1. The number of amides is 1. The Morgan fingerprint density at radius 2 is 2.24 bits per heavy atom. The lowest BCUT2D eigenvalue weighted by molar-refractivity contribution is 0.0634. The summed E-state index contributed by atoms with van der Waals surface area (Å²) < 4.78 is 5.73. The van der Waals surface area contributed by atoms with E-state index >= 15 is 0 Å². The summed E-state index contributed by atoms with van der Waals surface area (Å²) in [6.07, 6.45) is 1.58. The van der Waals surface area contributed by atoms with Gasteiger partial charge in [-0.3, -0.25) is 4.79 Å². The van der Waals surface area contributed by atoms with E-state index in [0.717, 1.165) is 4.60 Å². The first-order valence-electron chi connectivity index (χ1n) is 5.47. The number of nitrogens with zero attached hydrogens (tertiary/aromatic N) is 2. The molecule has 94 valence electrons. The molecule has 1 heterocycles. The van der Waals surface area contributed by atoms with Crippen LogP contribution in [0.2, 0.25) is 0 Å². The van der Waals surface area contributed by atoms with Crippen LogP contribution in [-0.4, -0.2) is 42.1 Å². The minimum atomic E-state index is -0.0166. The van der Waals surface area contributed by atoms with Gasteiger partial charge in [0.15, 0.2) is 0 Å². The van der Waals surface area contributed by atoms with Crippen molar-refractivity contribution in [2.75, 3.05) is 20.3 Å². The molecular formula is C12H17BrN2O2. The van der Waals surface area contributed by atoms with Gasteiger partial charge in [0.05, 0.1) is 12.2 Å². The van der Waals surface area contributed by atoms with E-state index in [-0.39, 0.29) is 11.9 Å². The maximum Gasteiger partial charge on any atom is 0.255 e. The van der Waals surface area contributed by atoms with Gasteiger partial charge in [-0.25, -0.2) is 4.98 Å². The van der Waals surface area contributed by atoms with Crippen molar-refractivity contribution in [2.24, 2.45) is 0 Å². The Labute approximate surface area is 110 Å². The molecule has 0 atom stereocenters. The molecule has 1 aromatic heterocycles. The number of carbonyl (C=O) groups is 1. The van der Waals surface area contributed by atoms with Gasteiger partial charge in [0.1, 0.15) is 4.60 Å². The maximum absolute atomic E-state index is 12.2. The van der Waals surface area contributed by atoms with Crippen LogP contribution >= 0.6 is 15.9 Å². The number of halogens is 1. The summed E-state index contributed by atoms with van der Waals surface area (Å²) in [7, 11) is 1.63. The predicted molar refractivity (Wildman–Crippen MR) is 70.0 cm³/mol. The van der Waals surface area contributed by atoms with E-state index in [4.69, 9.17) is 4.74 Å². The van der Waals surface area contributed by atoms with E-state index in [1.54, 1.807) is 30.3 Å². The fourth-order valence-corrected chi connectivity index (χ4v) is 1.69. The monoisotopic (exact) mass is 300 g/mol. The highest BCUT2D eigenvalue weighted by Crippen LogP contribution is 2.10. The second kappa shape index (κ2) is 6.71. The van der Waals surface area contributed by atoms with Crippen molar-refractivity contribution in [1.82, 2.24) is 9.88 Å². The lowest BCUT2D eigenvalue weighted by Crippen LogP contribution is -2.39. The van der Waals surface area contributed by atoms with Gasteiger partial charge < -0.3 is 9.64 Å². The molecule has 0 aliphatic carbocycles. The van der Waals surface area contributed by atoms with E-state index in [9.17, 15) is 4.79 Å². The Morgan fingerprint density at radius 3 is 2.71 bits per heavy atom. The molecule has 5 heteroatoms. The SMILES string of the molecule is COCCN(C(=O)c1ccc(Br)nc1)C(C)C. The number of hydrogen-bond donors (Lipinski definition) is 0. The third-order valence-electron chi connectivity index (χ3n) is 2.39. The summed E-state index contributed by atoms with van der Waals surface area (Å²) in [6.45, 7) is 5.09. The number of ether oxygens (including phenoxy) is 1. The molecular weight excluding hydrogens is 284 g/mol. The topological polar surface area (TPSA) is 42.4 Å². The number of pyridine rings is 1. The molecule has 0 aliphatic heterocycles. The smallest absolute Gasteiger partial charge is 0.255 e. The summed E-state index contributed by atoms with van der Waals surface area (Å²) in [5, 5.41) is 0. The van der Waals surface area contributed by atoms with Crippen molar-refractivity contribution in [1.29, 1.82) is 0 Å². The molecule has 0 bridgehead atoms. The minimum absolute atomic E-state index is 0.0166. The number of methoxy groups -OCH3 is 1. The second-order valence-corrected chi connectivity index (χ2v) is 4.77. The third kappa shape index (κ3) is 4.09. The van der Waals surface area contributed by atoms with Gasteiger partial charge in [0, 0.05) is 25.9 Å². The summed E-state index contributed by atoms with van der Waals surface area (Å²) in [4.78, 5) is 18.1. The molecule has 17 heavy (non-hydrogen) atoms. The predicted octanol–water partition coefficient (Wildman–Crippen LogP) is 2.34. The minimum Gasteiger partial charge on any atom is -0.383 e. The van der Waals surface area contributed by atoms with E-state index < -0.39 is 0 Å². The van der Waals surface area contributed by atoms with Crippen LogP contribution in [0.1, 0.15) is 24.2 Å². The zero-order valence-corrected chi connectivity index (χ0v) is 11.9. The zero-order valence-electron chi connectivity index (χ0n) is 10.3. The Bertz CT molecular complexity index is 365. The highest BCUT2D eigenvalue weighted by atomic mass is 79.9. The molecule has 0 spiro atoms. The van der Waals surface area contributed by atoms with Crippen molar-refractivity contribution in [3.63, 3.8) is 0 Å². The van der Waals surface area contributed by atoms with Crippen LogP contribution in [-0.2, 0) is 4.74 Å². The molecule has 0 fully saturated rings. The fraction of sp³-hybridized carbons (Fsp3) is 0.500.